The second-order valence-electron chi connectivity index (χ2n) is 6.28. The molecule has 1 aliphatic rings. The van der Waals surface area contributed by atoms with E-state index in [1.54, 1.807) is 4.68 Å². The highest BCUT2D eigenvalue weighted by molar-refractivity contribution is 5.94. The van der Waals surface area contributed by atoms with Crippen molar-refractivity contribution in [1.29, 1.82) is 0 Å². The van der Waals surface area contributed by atoms with Gasteiger partial charge in [0.25, 0.3) is 5.91 Å². The van der Waals surface area contributed by atoms with Gasteiger partial charge < -0.3 is 5.32 Å². The SMILES string of the molecule is Cc1ccc(-n2nc(-c3ccccc3)cc2C(=O)NC2CC2)cc1. The lowest BCUT2D eigenvalue weighted by atomic mass is 10.1. The Kier molecular flexibility index (Phi) is 3.65. The highest BCUT2D eigenvalue weighted by atomic mass is 16.2. The minimum Gasteiger partial charge on any atom is -0.348 e. The zero-order chi connectivity index (χ0) is 16.5. The van der Waals surface area contributed by atoms with E-state index in [0.717, 1.165) is 29.8 Å². The molecule has 0 bridgehead atoms. The van der Waals surface area contributed by atoms with E-state index in [9.17, 15) is 4.79 Å². The fraction of sp³-hybridized carbons (Fsp3) is 0.200. The molecule has 120 valence electrons. The molecule has 24 heavy (non-hydrogen) atoms. The summed E-state index contributed by atoms with van der Waals surface area (Å²) < 4.78 is 1.74. The van der Waals surface area contributed by atoms with Crippen LogP contribution in [0.3, 0.4) is 0 Å². The second-order valence-corrected chi connectivity index (χ2v) is 6.28. The first-order valence-electron chi connectivity index (χ1n) is 8.24. The van der Waals surface area contributed by atoms with Crippen LogP contribution in [0, 0.1) is 6.92 Å². The molecule has 1 aromatic heterocycles. The number of nitrogens with one attached hydrogen (secondary N) is 1. The molecule has 4 rings (SSSR count). The average Bonchev–Trinajstić information content (AvgIpc) is 3.31. The largest absolute Gasteiger partial charge is 0.348 e. The summed E-state index contributed by atoms with van der Waals surface area (Å²) in [6.45, 7) is 2.04. The van der Waals surface area contributed by atoms with E-state index in [2.05, 4.69) is 10.4 Å². The van der Waals surface area contributed by atoms with Gasteiger partial charge in [-0.05, 0) is 38.0 Å². The van der Waals surface area contributed by atoms with Gasteiger partial charge in [0, 0.05) is 11.6 Å². The van der Waals surface area contributed by atoms with E-state index in [1.165, 1.54) is 5.56 Å². The van der Waals surface area contributed by atoms with Crippen molar-refractivity contribution in [2.24, 2.45) is 0 Å². The molecule has 1 saturated carbocycles. The number of benzene rings is 2. The third-order valence-electron chi connectivity index (χ3n) is 4.20. The summed E-state index contributed by atoms with van der Waals surface area (Å²) in [7, 11) is 0. The Morgan fingerprint density at radius 3 is 2.46 bits per heavy atom. The second kappa shape index (κ2) is 5.96. The predicted molar refractivity (Wildman–Crippen MR) is 94.2 cm³/mol. The fourth-order valence-corrected chi connectivity index (χ4v) is 2.66. The average molecular weight is 317 g/mol. The first-order valence-corrected chi connectivity index (χ1v) is 8.24. The molecule has 1 heterocycles. The lowest BCUT2D eigenvalue weighted by Crippen LogP contribution is -2.27. The predicted octanol–water partition coefficient (Wildman–Crippen LogP) is 3.74. The van der Waals surface area contributed by atoms with Crippen LogP contribution in [0.2, 0.25) is 0 Å². The molecule has 0 saturated heterocycles. The molecule has 1 fully saturated rings. The number of aryl methyl sites for hydroxylation is 1. The van der Waals surface area contributed by atoms with E-state index in [4.69, 9.17) is 0 Å². The van der Waals surface area contributed by atoms with Gasteiger partial charge in [-0.3, -0.25) is 4.79 Å². The third kappa shape index (κ3) is 2.95. The van der Waals surface area contributed by atoms with Crippen molar-refractivity contribution in [3.05, 3.63) is 71.9 Å². The summed E-state index contributed by atoms with van der Waals surface area (Å²) in [5, 5.41) is 7.74. The van der Waals surface area contributed by atoms with Gasteiger partial charge in [0.15, 0.2) is 0 Å². The molecule has 4 nitrogen and oxygen atoms in total. The van der Waals surface area contributed by atoms with E-state index >= 15 is 0 Å². The molecule has 3 aromatic rings. The highest BCUT2D eigenvalue weighted by Crippen LogP contribution is 2.24. The fourth-order valence-electron chi connectivity index (χ4n) is 2.66. The van der Waals surface area contributed by atoms with Crippen molar-refractivity contribution in [3.8, 4) is 16.9 Å². The molecular formula is C20H19N3O. The van der Waals surface area contributed by atoms with E-state index < -0.39 is 0 Å². The Labute approximate surface area is 141 Å². The van der Waals surface area contributed by atoms with Crippen LogP contribution in [0.25, 0.3) is 16.9 Å². The summed E-state index contributed by atoms with van der Waals surface area (Å²) in [5.41, 5.74) is 4.45. The maximum absolute atomic E-state index is 12.6. The zero-order valence-corrected chi connectivity index (χ0v) is 13.6. The molecule has 0 radical (unpaired) electrons. The Hall–Kier alpha value is -2.88. The molecule has 0 unspecified atom stereocenters. The monoisotopic (exact) mass is 317 g/mol. The molecule has 0 atom stereocenters. The number of hydrogen-bond donors (Lipinski definition) is 1. The topological polar surface area (TPSA) is 46.9 Å². The smallest absolute Gasteiger partial charge is 0.270 e. The molecule has 1 N–H and O–H groups in total. The highest BCUT2D eigenvalue weighted by Gasteiger charge is 2.26. The van der Waals surface area contributed by atoms with Crippen LogP contribution in [0.5, 0.6) is 0 Å². The van der Waals surface area contributed by atoms with Crippen LogP contribution in [0.4, 0.5) is 0 Å². The molecular weight excluding hydrogens is 298 g/mol. The summed E-state index contributed by atoms with van der Waals surface area (Å²) in [6.07, 6.45) is 2.13. The molecule has 2 aromatic carbocycles. The van der Waals surface area contributed by atoms with Crippen molar-refractivity contribution in [1.82, 2.24) is 15.1 Å². The van der Waals surface area contributed by atoms with Gasteiger partial charge >= 0.3 is 0 Å². The number of rotatable bonds is 4. The van der Waals surface area contributed by atoms with Crippen LogP contribution in [0.15, 0.2) is 60.7 Å². The third-order valence-corrected chi connectivity index (χ3v) is 4.20. The maximum Gasteiger partial charge on any atom is 0.270 e. The van der Waals surface area contributed by atoms with E-state index in [-0.39, 0.29) is 5.91 Å². The summed E-state index contributed by atoms with van der Waals surface area (Å²) in [4.78, 5) is 12.6. The van der Waals surface area contributed by atoms with E-state index in [0.29, 0.717) is 11.7 Å². The van der Waals surface area contributed by atoms with Crippen LogP contribution in [0.1, 0.15) is 28.9 Å². The Balaban J connectivity index is 1.78. The zero-order valence-electron chi connectivity index (χ0n) is 13.6. The van der Waals surface area contributed by atoms with Crippen LogP contribution in [-0.4, -0.2) is 21.7 Å². The van der Waals surface area contributed by atoms with Gasteiger partial charge in [-0.15, -0.1) is 0 Å². The van der Waals surface area contributed by atoms with Gasteiger partial charge in [0.2, 0.25) is 0 Å². The minimum absolute atomic E-state index is 0.0623. The molecule has 0 spiro atoms. The Bertz CT molecular complexity index is 862. The van der Waals surface area contributed by atoms with Crippen LogP contribution in [-0.2, 0) is 0 Å². The van der Waals surface area contributed by atoms with Gasteiger partial charge in [-0.25, -0.2) is 4.68 Å². The van der Waals surface area contributed by atoms with Gasteiger partial charge in [-0.1, -0.05) is 48.0 Å². The van der Waals surface area contributed by atoms with Crippen molar-refractivity contribution in [2.75, 3.05) is 0 Å². The number of nitrogens with zero attached hydrogens (tertiary/aromatic N) is 2. The summed E-state index contributed by atoms with van der Waals surface area (Å²) in [6, 6.07) is 20.2. The minimum atomic E-state index is -0.0623. The number of carbonyl (C=O) groups excluding carboxylic acids is 1. The Morgan fingerprint density at radius 2 is 1.79 bits per heavy atom. The lowest BCUT2D eigenvalue weighted by Gasteiger charge is -2.08. The molecule has 1 amide bonds. The molecule has 1 aliphatic carbocycles. The van der Waals surface area contributed by atoms with E-state index in [1.807, 2.05) is 67.6 Å². The van der Waals surface area contributed by atoms with Crippen molar-refractivity contribution in [2.45, 2.75) is 25.8 Å². The Morgan fingerprint density at radius 1 is 1.08 bits per heavy atom. The number of amides is 1. The van der Waals surface area contributed by atoms with Gasteiger partial charge in [0.05, 0.1) is 11.4 Å². The first-order chi connectivity index (χ1) is 11.7. The number of hydrogen-bond acceptors (Lipinski definition) is 2. The quantitative estimate of drug-likeness (QED) is 0.797. The van der Waals surface area contributed by atoms with Crippen molar-refractivity contribution >= 4 is 5.91 Å². The lowest BCUT2D eigenvalue weighted by molar-refractivity contribution is 0.0943. The van der Waals surface area contributed by atoms with Crippen molar-refractivity contribution < 1.29 is 4.79 Å². The number of carbonyl (C=O) groups is 1. The molecule has 4 heteroatoms. The standard InChI is InChI=1S/C20H19N3O/c1-14-7-11-17(12-8-14)23-19(20(24)21-16-9-10-16)13-18(22-23)15-5-3-2-4-6-15/h2-8,11-13,16H,9-10H2,1H3,(H,21,24). The molecule has 0 aliphatic heterocycles. The van der Waals surface area contributed by atoms with Crippen LogP contribution < -0.4 is 5.32 Å². The maximum atomic E-state index is 12.6. The summed E-state index contributed by atoms with van der Waals surface area (Å²) >= 11 is 0. The van der Waals surface area contributed by atoms with Gasteiger partial charge in [0.1, 0.15) is 5.69 Å². The normalized spacial score (nSPS) is 13.7. The van der Waals surface area contributed by atoms with Crippen molar-refractivity contribution in [3.63, 3.8) is 0 Å². The first kappa shape index (κ1) is 14.7. The summed E-state index contributed by atoms with van der Waals surface area (Å²) in [5.74, 6) is -0.0623. The number of aromatic nitrogens is 2. The van der Waals surface area contributed by atoms with Gasteiger partial charge in [-0.2, -0.15) is 5.10 Å². The van der Waals surface area contributed by atoms with Crippen LogP contribution >= 0.6 is 0 Å².